The number of imidazole rings is 1. The molecule has 212 valence electrons. The van der Waals surface area contributed by atoms with Gasteiger partial charge >= 0.3 is 6.03 Å². The number of benzene rings is 3. The monoisotopic (exact) mass is 562 g/mol. The number of urea groups is 1. The van der Waals surface area contributed by atoms with Crippen molar-refractivity contribution in [3.63, 3.8) is 0 Å². The van der Waals surface area contributed by atoms with Gasteiger partial charge in [0.25, 0.3) is 5.91 Å². The first kappa shape index (κ1) is 27.2. The van der Waals surface area contributed by atoms with Crippen LogP contribution < -0.4 is 0 Å². The Morgan fingerprint density at radius 2 is 1.71 bits per heavy atom. The number of morpholine rings is 1. The van der Waals surface area contributed by atoms with Crippen LogP contribution in [0.4, 0.5) is 4.79 Å². The van der Waals surface area contributed by atoms with E-state index >= 15 is 0 Å². The summed E-state index contributed by atoms with van der Waals surface area (Å²) >= 11 is 0. The number of ether oxygens (including phenoxy) is 1. The van der Waals surface area contributed by atoms with Crippen molar-refractivity contribution in [3.8, 4) is 6.07 Å². The predicted molar refractivity (Wildman–Crippen MR) is 154 cm³/mol. The van der Waals surface area contributed by atoms with E-state index in [-0.39, 0.29) is 25.4 Å². The van der Waals surface area contributed by atoms with Crippen LogP contribution in [-0.2, 0) is 34.0 Å². The molecule has 0 radical (unpaired) electrons. The van der Waals surface area contributed by atoms with Gasteiger partial charge in [-0.05, 0) is 34.0 Å². The fourth-order valence-electron chi connectivity index (χ4n) is 5.60. The van der Waals surface area contributed by atoms with Gasteiger partial charge < -0.3 is 19.1 Å². The van der Waals surface area contributed by atoms with Gasteiger partial charge in [-0.1, -0.05) is 54.6 Å². The predicted octanol–water partition coefficient (Wildman–Crippen LogP) is 3.54. The third-order valence-electron chi connectivity index (χ3n) is 7.91. The maximum absolute atomic E-state index is 13.9. The number of aromatic nitrogens is 2. The maximum Gasteiger partial charge on any atom is 0.328 e. The second-order valence-corrected chi connectivity index (χ2v) is 10.5. The third-order valence-corrected chi connectivity index (χ3v) is 7.91. The van der Waals surface area contributed by atoms with Crippen LogP contribution in [0.15, 0.2) is 79.3 Å². The zero-order valence-corrected chi connectivity index (χ0v) is 23.1. The Bertz CT molecular complexity index is 1660. The lowest BCUT2D eigenvalue weighted by Crippen LogP contribution is -2.45. The molecule has 2 aliphatic rings. The van der Waals surface area contributed by atoms with Crippen molar-refractivity contribution in [3.05, 3.63) is 102 Å². The molecule has 1 unspecified atom stereocenters. The molecule has 4 amide bonds. The second-order valence-electron chi connectivity index (χ2n) is 10.5. The van der Waals surface area contributed by atoms with E-state index in [1.807, 2.05) is 59.2 Å². The molecule has 4 aromatic rings. The SMILES string of the molecule is N#Cc1ccc(Cn2cncc2CN2C(=O)C(CC(=O)N3CCOCC3)N(Cc3cccc4ccccc34)C2=O)cc1. The standard InChI is InChI=1S/C32H30N6O4/c33-17-23-8-10-24(11-9-23)19-36-22-34-18-27(36)21-38-31(40)29(16-30(39)35-12-14-42-15-13-35)37(32(38)41)20-26-6-3-5-25-4-1-2-7-28(25)26/h1-11,18,22,29H,12-16,19-21H2. The Balaban J connectivity index is 1.27. The maximum atomic E-state index is 13.9. The van der Waals surface area contributed by atoms with Gasteiger partial charge in [0.2, 0.25) is 5.91 Å². The number of carbonyl (C=O) groups excluding carboxylic acids is 3. The summed E-state index contributed by atoms with van der Waals surface area (Å²) in [4.78, 5) is 49.8. The molecule has 0 saturated carbocycles. The smallest absolute Gasteiger partial charge is 0.328 e. The van der Waals surface area contributed by atoms with Crippen molar-refractivity contribution in [1.82, 2.24) is 24.3 Å². The first-order valence-corrected chi connectivity index (χ1v) is 13.9. The van der Waals surface area contributed by atoms with E-state index in [2.05, 4.69) is 11.1 Å². The molecule has 0 N–H and O–H groups in total. The highest BCUT2D eigenvalue weighted by Crippen LogP contribution is 2.28. The number of nitriles is 1. The van der Waals surface area contributed by atoms with Gasteiger partial charge in [0, 0.05) is 32.4 Å². The molecule has 2 aliphatic heterocycles. The molecule has 1 atom stereocenters. The molecule has 0 bridgehead atoms. The number of imide groups is 1. The van der Waals surface area contributed by atoms with Crippen molar-refractivity contribution in [1.29, 1.82) is 5.26 Å². The van der Waals surface area contributed by atoms with Crippen molar-refractivity contribution in [2.45, 2.75) is 32.1 Å². The van der Waals surface area contributed by atoms with E-state index in [0.29, 0.717) is 44.1 Å². The molecule has 6 rings (SSSR count). The van der Waals surface area contributed by atoms with Crippen molar-refractivity contribution in [2.24, 2.45) is 0 Å². The normalized spacial score (nSPS) is 17.2. The molecule has 0 aliphatic carbocycles. The molecule has 2 fully saturated rings. The van der Waals surface area contributed by atoms with Crippen molar-refractivity contribution in [2.75, 3.05) is 26.3 Å². The molecule has 1 aromatic heterocycles. The lowest BCUT2D eigenvalue weighted by Gasteiger charge is -2.29. The highest BCUT2D eigenvalue weighted by atomic mass is 16.5. The molecule has 2 saturated heterocycles. The first-order valence-electron chi connectivity index (χ1n) is 13.9. The number of fused-ring (bicyclic) bond motifs is 1. The summed E-state index contributed by atoms with van der Waals surface area (Å²) in [7, 11) is 0. The summed E-state index contributed by atoms with van der Waals surface area (Å²) in [5.41, 5.74) is 3.12. The largest absolute Gasteiger partial charge is 0.378 e. The van der Waals surface area contributed by atoms with Crippen molar-refractivity contribution >= 4 is 28.6 Å². The lowest BCUT2D eigenvalue weighted by atomic mass is 10.0. The Morgan fingerprint density at radius 3 is 2.50 bits per heavy atom. The number of amides is 4. The molecule has 10 nitrogen and oxygen atoms in total. The third kappa shape index (κ3) is 5.47. The minimum atomic E-state index is -0.915. The highest BCUT2D eigenvalue weighted by Gasteiger charge is 2.46. The number of rotatable bonds is 8. The zero-order valence-electron chi connectivity index (χ0n) is 23.1. The van der Waals surface area contributed by atoms with Gasteiger partial charge in [-0.15, -0.1) is 0 Å². The van der Waals surface area contributed by atoms with E-state index in [0.717, 1.165) is 21.9 Å². The van der Waals surface area contributed by atoms with Crippen LogP contribution in [0.2, 0.25) is 0 Å². The fourth-order valence-corrected chi connectivity index (χ4v) is 5.60. The van der Waals surface area contributed by atoms with Crippen LogP contribution >= 0.6 is 0 Å². The Hall–Kier alpha value is -5.01. The average molecular weight is 563 g/mol. The van der Waals surface area contributed by atoms with Gasteiger partial charge in [0.1, 0.15) is 6.04 Å². The fraction of sp³-hybridized carbons (Fsp3) is 0.281. The molecule has 10 heteroatoms. The molecular formula is C32H30N6O4. The van der Waals surface area contributed by atoms with E-state index < -0.39 is 18.0 Å². The van der Waals surface area contributed by atoms with E-state index in [1.54, 1.807) is 29.6 Å². The van der Waals surface area contributed by atoms with Gasteiger partial charge in [0.15, 0.2) is 0 Å². The van der Waals surface area contributed by atoms with Crippen LogP contribution in [0.25, 0.3) is 10.8 Å². The van der Waals surface area contributed by atoms with E-state index in [1.165, 1.54) is 9.80 Å². The molecule has 3 aromatic carbocycles. The average Bonchev–Trinajstić information content (AvgIpc) is 3.55. The number of hydrogen-bond acceptors (Lipinski definition) is 6. The number of hydrogen-bond donors (Lipinski definition) is 0. The van der Waals surface area contributed by atoms with Gasteiger partial charge in [-0.2, -0.15) is 5.26 Å². The zero-order chi connectivity index (χ0) is 29.1. The topological polar surface area (TPSA) is 112 Å². The van der Waals surface area contributed by atoms with Crippen LogP contribution in [-0.4, -0.2) is 74.4 Å². The van der Waals surface area contributed by atoms with Gasteiger partial charge in [0.05, 0.1) is 49.8 Å². The summed E-state index contributed by atoms with van der Waals surface area (Å²) in [6, 6.07) is 21.8. The van der Waals surface area contributed by atoms with E-state index in [9.17, 15) is 14.4 Å². The summed E-state index contributed by atoms with van der Waals surface area (Å²) in [6.07, 6.45) is 3.22. The molecule has 0 spiro atoms. The Labute approximate surface area is 243 Å². The number of carbonyl (C=O) groups is 3. The van der Waals surface area contributed by atoms with Crippen LogP contribution in [0.3, 0.4) is 0 Å². The second kappa shape index (κ2) is 11.8. The minimum Gasteiger partial charge on any atom is -0.378 e. The molecule has 42 heavy (non-hydrogen) atoms. The van der Waals surface area contributed by atoms with Gasteiger partial charge in [-0.25, -0.2) is 9.78 Å². The van der Waals surface area contributed by atoms with Crippen LogP contribution in [0, 0.1) is 11.3 Å². The highest BCUT2D eigenvalue weighted by molar-refractivity contribution is 6.06. The minimum absolute atomic E-state index is 0.0300. The summed E-state index contributed by atoms with van der Waals surface area (Å²) < 4.78 is 7.26. The quantitative estimate of drug-likeness (QED) is 0.304. The summed E-state index contributed by atoms with van der Waals surface area (Å²) in [5, 5.41) is 11.1. The molecular weight excluding hydrogens is 532 g/mol. The Morgan fingerprint density at radius 1 is 0.952 bits per heavy atom. The lowest BCUT2D eigenvalue weighted by molar-refractivity contribution is -0.139. The van der Waals surface area contributed by atoms with Crippen LogP contribution in [0.1, 0.15) is 28.8 Å². The van der Waals surface area contributed by atoms with E-state index in [4.69, 9.17) is 10.00 Å². The van der Waals surface area contributed by atoms with Crippen LogP contribution in [0.5, 0.6) is 0 Å². The summed E-state index contributed by atoms with van der Waals surface area (Å²) in [6.45, 7) is 2.55. The first-order chi connectivity index (χ1) is 20.5. The number of nitrogens with zero attached hydrogens (tertiary/aromatic N) is 6. The molecule has 3 heterocycles. The van der Waals surface area contributed by atoms with Gasteiger partial charge in [-0.3, -0.25) is 14.5 Å². The Kier molecular flexibility index (Phi) is 7.66. The summed E-state index contributed by atoms with van der Waals surface area (Å²) in [5.74, 6) is -0.562. The van der Waals surface area contributed by atoms with Crippen molar-refractivity contribution < 1.29 is 19.1 Å².